The summed E-state index contributed by atoms with van der Waals surface area (Å²) in [6, 6.07) is 6.54. The summed E-state index contributed by atoms with van der Waals surface area (Å²) in [6.45, 7) is 5.12. The Labute approximate surface area is 142 Å². The summed E-state index contributed by atoms with van der Waals surface area (Å²) in [6.07, 6.45) is 0.284. The molecule has 1 aliphatic heterocycles. The van der Waals surface area contributed by atoms with Gasteiger partial charge in [-0.1, -0.05) is 26.0 Å². The van der Waals surface area contributed by atoms with Gasteiger partial charge in [0.05, 0.1) is 19.1 Å². The zero-order valence-corrected chi connectivity index (χ0v) is 14.4. The van der Waals surface area contributed by atoms with E-state index >= 15 is 0 Å². The van der Waals surface area contributed by atoms with Gasteiger partial charge in [0.25, 0.3) is 0 Å². The molecule has 1 N–H and O–H groups in total. The van der Waals surface area contributed by atoms with Crippen molar-refractivity contribution in [1.82, 2.24) is 4.90 Å². The summed E-state index contributed by atoms with van der Waals surface area (Å²) in [7, 11) is 1.54. The van der Waals surface area contributed by atoms with Crippen LogP contribution in [0.5, 0.6) is 5.75 Å². The molecule has 2 unspecified atom stereocenters. The Morgan fingerprint density at radius 2 is 1.96 bits per heavy atom. The van der Waals surface area contributed by atoms with Crippen LogP contribution in [-0.4, -0.2) is 54.3 Å². The topological polar surface area (TPSA) is 76.1 Å². The molecule has 1 aromatic carbocycles. The molecule has 0 bridgehead atoms. The van der Waals surface area contributed by atoms with Crippen LogP contribution in [0.3, 0.4) is 0 Å². The third kappa shape index (κ3) is 4.71. The van der Waals surface area contributed by atoms with Gasteiger partial charge in [-0.2, -0.15) is 0 Å². The predicted molar refractivity (Wildman–Crippen MR) is 89.0 cm³/mol. The highest BCUT2D eigenvalue weighted by molar-refractivity contribution is 5.85. The number of hydrogen-bond acceptors (Lipinski definition) is 4. The summed E-state index contributed by atoms with van der Waals surface area (Å²) in [5, 5.41) is 9.29. The lowest BCUT2D eigenvalue weighted by Gasteiger charge is -2.21. The van der Waals surface area contributed by atoms with Crippen molar-refractivity contribution in [3.05, 3.63) is 29.8 Å². The van der Waals surface area contributed by atoms with Crippen molar-refractivity contribution in [1.29, 1.82) is 0 Å². The highest BCUT2D eigenvalue weighted by Gasteiger charge is 2.39. The van der Waals surface area contributed by atoms with Crippen LogP contribution in [0, 0.1) is 5.92 Å². The maximum Gasteiger partial charge on any atom is 0.326 e. The summed E-state index contributed by atoms with van der Waals surface area (Å²) >= 11 is 0. The fourth-order valence-corrected chi connectivity index (χ4v) is 2.72. The number of carbonyl (C=O) groups excluding carboxylic acids is 1. The van der Waals surface area contributed by atoms with Crippen molar-refractivity contribution in [3.8, 4) is 5.75 Å². The van der Waals surface area contributed by atoms with Gasteiger partial charge in [-0.15, -0.1) is 0 Å². The number of carboxylic acid groups (broad SMARTS) is 1. The first-order valence-electron chi connectivity index (χ1n) is 8.17. The number of hydrogen-bond donors (Lipinski definition) is 1. The number of benzene rings is 1. The first kappa shape index (κ1) is 18.3. The number of carbonyl (C=O) groups is 2. The highest BCUT2D eigenvalue weighted by Crippen LogP contribution is 2.22. The van der Waals surface area contributed by atoms with E-state index < -0.39 is 12.0 Å². The monoisotopic (exact) mass is 335 g/mol. The number of likely N-dealkylation sites (tertiary alicyclic amines) is 1. The fourth-order valence-electron chi connectivity index (χ4n) is 2.72. The van der Waals surface area contributed by atoms with E-state index in [-0.39, 0.29) is 18.4 Å². The molecule has 1 saturated heterocycles. The molecule has 0 radical (unpaired) electrons. The van der Waals surface area contributed by atoms with Gasteiger partial charge < -0.3 is 19.5 Å². The SMILES string of the molecule is COC1CC(C(=O)O)N(C(=O)Cc2ccc(OCC(C)C)cc2)C1. The van der Waals surface area contributed by atoms with Crippen molar-refractivity contribution in [2.75, 3.05) is 20.3 Å². The van der Waals surface area contributed by atoms with E-state index in [1.807, 2.05) is 24.3 Å². The van der Waals surface area contributed by atoms with Gasteiger partial charge >= 0.3 is 5.97 Å². The molecule has 1 amide bonds. The Hall–Kier alpha value is -2.08. The Morgan fingerprint density at radius 3 is 2.50 bits per heavy atom. The predicted octanol–water partition coefficient (Wildman–Crippen LogP) is 1.96. The summed E-state index contributed by atoms with van der Waals surface area (Å²) in [5.74, 6) is 0.0326. The Balaban J connectivity index is 1.97. The molecule has 0 spiro atoms. The van der Waals surface area contributed by atoms with Crippen molar-refractivity contribution >= 4 is 11.9 Å². The van der Waals surface area contributed by atoms with Crippen LogP contribution in [0.1, 0.15) is 25.8 Å². The second-order valence-corrected chi connectivity index (χ2v) is 6.52. The standard InChI is InChI=1S/C18H25NO5/c1-12(2)11-24-14-6-4-13(5-7-14)8-17(20)19-10-15(23-3)9-16(19)18(21)22/h4-7,12,15-16H,8-11H2,1-3H3,(H,21,22). The van der Waals surface area contributed by atoms with Crippen LogP contribution in [0.25, 0.3) is 0 Å². The molecule has 132 valence electrons. The molecule has 1 heterocycles. The van der Waals surface area contributed by atoms with Crippen LogP contribution >= 0.6 is 0 Å². The van der Waals surface area contributed by atoms with Crippen LogP contribution in [0.15, 0.2) is 24.3 Å². The molecule has 1 aromatic rings. The number of ether oxygens (including phenoxy) is 2. The maximum absolute atomic E-state index is 12.5. The summed E-state index contributed by atoms with van der Waals surface area (Å²) in [5.41, 5.74) is 0.835. The van der Waals surface area contributed by atoms with Gasteiger partial charge in [-0.25, -0.2) is 4.79 Å². The molecule has 6 heteroatoms. The second-order valence-electron chi connectivity index (χ2n) is 6.52. The van der Waals surface area contributed by atoms with Gasteiger partial charge in [-0.05, 0) is 23.6 Å². The van der Waals surface area contributed by atoms with E-state index in [2.05, 4.69) is 13.8 Å². The quantitative estimate of drug-likeness (QED) is 0.824. The van der Waals surface area contributed by atoms with Crippen LogP contribution in [-0.2, 0) is 20.7 Å². The molecule has 6 nitrogen and oxygen atoms in total. The average molecular weight is 335 g/mol. The van der Waals surface area contributed by atoms with Gasteiger partial charge in [0.15, 0.2) is 0 Å². The van der Waals surface area contributed by atoms with E-state index in [4.69, 9.17) is 9.47 Å². The number of nitrogens with zero attached hydrogens (tertiary/aromatic N) is 1. The largest absolute Gasteiger partial charge is 0.493 e. The number of rotatable bonds is 7. The Morgan fingerprint density at radius 1 is 1.29 bits per heavy atom. The Bertz CT molecular complexity index is 569. The molecule has 2 atom stereocenters. The van der Waals surface area contributed by atoms with E-state index in [9.17, 15) is 14.7 Å². The zero-order valence-electron chi connectivity index (χ0n) is 14.4. The smallest absolute Gasteiger partial charge is 0.326 e. The lowest BCUT2D eigenvalue weighted by Crippen LogP contribution is -2.41. The number of aliphatic carboxylic acids is 1. The molecule has 0 aliphatic carbocycles. The van der Waals surface area contributed by atoms with Crippen LogP contribution in [0.4, 0.5) is 0 Å². The first-order chi connectivity index (χ1) is 11.4. The molecule has 1 aliphatic rings. The third-order valence-electron chi connectivity index (χ3n) is 4.06. The summed E-state index contributed by atoms with van der Waals surface area (Å²) in [4.78, 5) is 25.2. The van der Waals surface area contributed by atoms with Crippen LogP contribution < -0.4 is 4.74 Å². The molecular formula is C18H25NO5. The minimum absolute atomic E-state index is 0.171. The highest BCUT2D eigenvalue weighted by atomic mass is 16.5. The minimum Gasteiger partial charge on any atom is -0.493 e. The molecule has 1 fully saturated rings. The fraction of sp³-hybridized carbons (Fsp3) is 0.556. The normalized spacial score (nSPS) is 20.4. The van der Waals surface area contributed by atoms with Crippen molar-refractivity contribution in [2.24, 2.45) is 5.92 Å². The van der Waals surface area contributed by atoms with Crippen molar-refractivity contribution in [3.63, 3.8) is 0 Å². The maximum atomic E-state index is 12.5. The van der Waals surface area contributed by atoms with E-state index in [1.54, 1.807) is 0 Å². The molecule has 2 rings (SSSR count). The second kappa shape index (κ2) is 8.15. The number of amides is 1. The van der Waals surface area contributed by atoms with Gasteiger partial charge in [-0.3, -0.25) is 4.79 Å². The van der Waals surface area contributed by atoms with Gasteiger partial charge in [0, 0.05) is 20.1 Å². The van der Waals surface area contributed by atoms with Crippen molar-refractivity contribution in [2.45, 2.75) is 38.8 Å². The van der Waals surface area contributed by atoms with E-state index in [0.29, 0.717) is 25.5 Å². The lowest BCUT2D eigenvalue weighted by atomic mass is 10.1. The summed E-state index contributed by atoms with van der Waals surface area (Å²) < 4.78 is 10.8. The Kier molecular flexibility index (Phi) is 6.20. The van der Waals surface area contributed by atoms with Crippen molar-refractivity contribution < 1.29 is 24.2 Å². The number of methoxy groups -OCH3 is 1. The number of carboxylic acids is 1. The zero-order chi connectivity index (χ0) is 17.7. The van der Waals surface area contributed by atoms with E-state index in [1.165, 1.54) is 12.0 Å². The lowest BCUT2D eigenvalue weighted by molar-refractivity contribution is -0.148. The molecular weight excluding hydrogens is 310 g/mol. The third-order valence-corrected chi connectivity index (χ3v) is 4.06. The molecule has 0 saturated carbocycles. The molecule has 0 aromatic heterocycles. The van der Waals surface area contributed by atoms with E-state index in [0.717, 1.165) is 11.3 Å². The van der Waals surface area contributed by atoms with Gasteiger partial charge in [0.1, 0.15) is 11.8 Å². The average Bonchev–Trinajstić information content (AvgIpc) is 2.99. The van der Waals surface area contributed by atoms with Gasteiger partial charge in [0.2, 0.25) is 5.91 Å². The molecule has 24 heavy (non-hydrogen) atoms. The minimum atomic E-state index is -0.986. The van der Waals surface area contributed by atoms with Crippen LogP contribution in [0.2, 0.25) is 0 Å². The first-order valence-corrected chi connectivity index (χ1v) is 8.17.